The number of aromatic nitrogens is 2. The molecule has 1 amide bonds. The van der Waals surface area contributed by atoms with E-state index in [0.29, 0.717) is 6.54 Å². The van der Waals surface area contributed by atoms with Gasteiger partial charge in [-0.25, -0.2) is 0 Å². The number of fused-ring (bicyclic) bond motifs is 10. The highest BCUT2D eigenvalue weighted by molar-refractivity contribution is 6.30. The lowest BCUT2D eigenvalue weighted by molar-refractivity contribution is -0.235. The molecule has 7 rings (SSSR count). The van der Waals surface area contributed by atoms with Crippen LogP contribution in [-0.2, 0) is 21.7 Å². The summed E-state index contributed by atoms with van der Waals surface area (Å²) in [6.07, 6.45) is 0.660. The van der Waals surface area contributed by atoms with Crippen LogP contribution in [0, 0.1) is 0 Å². The van der Waals surface area contributed by atoms with Crippen LogP contribution in [0.3, 0.4) is 0 Å². The number of rotatable bonds is 3. The maximum atomic E-state index is 13.2. The molecule has 0 spiro atoms. The van der Waals surface area contributed by atoms with Crippen LogP contribution in [0.2, 0.25) is 0 Å². The molecule has 7 nitrogen and oxygen atoms in total. The molecule has 2 aliphatic heterocycles. The molecular formula is C29H30N4O3. The molecule has 5 aromatic rings. The molecule has 0 radical (unpaired) electrons. The second-order valence-corrected chi connectivity index (χ2v) is 10.3. The Balaban J connectivity index is 1.72. The smallest absolute Gasteiger partial charge is 0.252 e. The average molecular weight is 483 g/mol. The van der Waals surface area contributed by atoms with Gasteiger partial charge in [0.15, 0.2) is 5.72 Å². The van der Waals surface area contributed by atoms with E-state index < -0.39 is 5.72 Å². The Morgan fingerprint density at radius 2 is 1.86 bits per heavy atom. The van der Waals surface area contributed by atoms with Gasteiger partial charge in [-0.3, -0.25) is 4.79 Å². The average Bonchev–Trinajstić information content (AvgIpc) is 3.54. The normalized spacial score (nSPS) is 26.3. The summed E-state index contributed by atoms with van der Waals surface area (Å²) in [6.45, 7) is 4.77. The van der Waals surface area contributed by atoms with Gasteiger partial charge in [-0.05, 0) is 45.0 Å². The van der Waals surface area contributed by atoms with Crippen LogP contribution >= 0.6 is 0 Å². The van der Waals surface area contributed by atoms with Gasteiger partial charge in [0.25, 0.3) is 5.91 Å². The number of benzene rings is 3. The first-order valence-electron chi connectivity index (χ1n) is 12.6. The third-order valence-electron chi connectivity index (χ3n) is 8.31. The lowest BCUT2D eigenvalue weighted by Gasteiger charge is -2.48. The molecule has 0 bridgehead atoms. The topological polar surface area (TPSA) is 80.3 Å². The number of aromatic amines is 1. The highest BCUT2D eigenvalue weighted by Gasteiger charge is 2.49. The summed E-state index contributed by atoms with van der Waals surface area (Å²) in [7, 11) is 3.75. The molecule has 2 aromatic heterocycles. The Bertz CT molecular complexity index is 1700. The first-order valence-corrected chi connectivity index (χ1v) is 12.6. The number of carbonyl (C=O) groups is 1. The van der Waals surface area contributed by atoms with Crippen molar-refractivity contribution in [2.75, 3.05) is 14.2 Å². The van der Waals surface area contributed by atoms with Gasteiger partial charge < -0.3 is 29.7 Å². The minimum absolute atomic E-state index is 0.0164. The first-order chi connectivity index (χ1) is 17.5. The highest BCUT2D eigenvalue weighted by atomic mass is 16.6. The minimum atomic E-state index is -0.796. The molecule has 4 heterocycles. The number of ether oxygens (including phenoxy) is 2. The largest absolute Gasteiger partial charge is 0.375 e. The van der Waals surface area contributed by atoms with Crippen molar-refractivity contribution in [3.63, 3.8) is 0 Å². The molecule has 36 heavy (non-hydrogen) atoms. The van der Waals surface area contributed by atoms with E-state index in [4.69, 9.17) is 9.47 Å². The van der Waals surface area contributed by atoms with Crippen molar-refractivity contribution in [3.8, 4) is 0 Å². The van der Waals surface area contributed by atoms with E-state index in [1.807, 2.05) is 19.2 Å². The van der Waals surface area contributed by atoms with Gasteiger partial charge in [0, 0.05) is 46.8 Å². The van der Waals surface area contributed by atoms with Gasteiger partial charge in [-0.2, -0.15) is 0 Å². The number of carbonyl (C=O) groups excluding carboxylic acids is 1. The van der Waals surface area contributed by atoms with E-state index in [9.17, 15) is 4.79 Å². The number of nitrogens with one attached hydrogen (secondary N) is 3. The van der Waals surface area contributed by atoms with E-state index in [1.165, 1.54) is 0 Å². The number of likely N-dealkylation sites (N-methyl/N-ethyl adjacent to an activating group) is 1. The van der Waals surface area contributed by atoms with E-state index in [1.54, 1.807) is 7.11 Å². The Morgan fingerprint density at radius 3 is 2.64 bits per heavy atom. The van der Waals surface area contributed by atoms with Crippen molar-refractivity contribution >= 4 is 49.5 Å². The van der Waals surface area contributed by atoms with E-state index in [2.05, 4.69) is 70.4 Å². The van der Waals surface area contributed by atoms with Gasteiger partial charge in [0.05, 0.1) is 28.2 Å². The molecule has 2 unspecified atom stereocenters. The molecule has 7 heteroatoms. The first kappa shape index (κ1) is 21.9. The molecule has 1 fully saturated rings. The maximum Gasteiger partial charge on any atom is 0.252 e. The van der Waals surface area contributed by atoms with E-state index in [-0.39, 0.29) is 24.2 Å². The molecule has 0 aliphatic carbocycles. The SMILES string of the molecule is CN[C@H]1CC(C)OC(C)(n2c3ccccc3c3c4c(c5c6ccccc6[nH]c5c32)C(=O)NC4)[C@H]1OC. The highest BCUT2D eigenvalue weighted by Crippen LogP contribution is 2.47. The number of amides is 1. The standard InChI is InChI=1S/C29H30N4O3/c1-15-13-20(30-3)27(35-4)29(2,36-15)33-21-12-8-6-10-17(21)22-18-14-31-28(34)24(18)23-16-9-5-7-11-19(16)32-25(23)26(22)33/h5-12,15,20,27,30,32H,13-14H2,1-4H3,(H,31,34)/t15?,20-,27-,29?/m0/s1. The Morgan fingerprint density at radius 1 is 1.11 bits per heavy atom. The van der Waals surface area contributed by atoms with Gasteiger partial charge in [0.2, 0.25) is 0 Å². The Labute approximate surface area is 208 Å². The van der Waals surface area contributed by atoms with Crippen molar-refractivity contribution in [1.82, 2.24) is 20.2 Å². The van der Waals surface area contributed by atoms with Gasteiger partial charge in [-0.1, -0.05) is 36.4 Å². The zero-order chi connectivity index (χ0) is 24.8. The monoisotopic (exact) mass is 482 g/mol. The molecule has 4 atom stereocenters. The Hall–Kier alpha value is -3.39. The maximum absolute atomic E-state index is 13.2. The fraction of sp³-hybridized carbons (Fsp3) is 0.345. The number of H-pyrrole nitrogens is 1. The zero-order valence-corrected chi connectivity index (χ0v) is 20.9. The molecular weight excluding hydrogens is 452 g/mol. The van der Waals surface area contributed by atoms with E-state index >= 15 is 0 Å². The molecule has 184 valence electrons. The van der Waals surface area contributed by atoms with Crippen LogP contribution in [0.4, 0.5) is 0 Å². The number of nitrogens with zero attached hydrogens (tertiary/aromatic N) is 1. The quantitative estimate of drug-likeness (QED) is 0.347. The van der Waals surface area contributed by atoms with Crippen molar-refractivity contribution in [1.29, 1.82) is 0 Å². The zero-order valence-electron chi connectivity index (χ0n) is 20.9. The van der Waals surface area contributed by atoms with Crippen LogP contribution in [-0.4, -0.2) is 47.9 Å². The predicted octanol–water partition coefficient (Wildman–Crippen LogP) is 4.76. The third-order valence-corrected chi connectivity index (χ3v) is 8.31. The van der Waals surface area contributed by atoms with E-state index in [0.717, 1.165) is 61.2 Å². The fourth-order valence-corrected chi connectivity index (χ4v) is 6.99. The molecule has 1 saturated heterocycles. The summed E-state index contributed by atoms with van der Waals surface area (Å²) in [4.78, 5) is 16.9. The van der Waals surface area contributed by atoms with Crippen LogP contribution in [0.25, 0.3) is 43.6 Å². The summed E-state index contributed by atoms with van der Waals surface area (Å²) in [5, 5.41) is 10.8. The molecule has 0 saturated carbocycles. The number of hydrogen-bond acceptors (Lipinski definition) is 4. The minimum Gasteiger partial charge on any atom is -0.375 e. The summed E-state index contributed by atoms with van der Waals surface area (Å²) in [5.41, 5.74) is 5.11. The summed E-state index contributed by atoms with van der Waals surface area (Å²) in [5.74, 6) is -0.0164. The molecule has 3 aromatic carbocycles. The van der Waals surface area contributed by atoms with Gasteiger partial charge in [-0.15, -0.1) is 0 Å². The van der Waals surface area contributed by atoms with Gasteiger partial charge in [0.1, 0.15) is 6.10 Å². The van der Waals surface area contributed by atoms with Crippen LogP contribution in [0.5, 0.6) is 0 Å². The van der Waals surface area contributed by atoms with Crippen molar-refractivity contribution < 1.29 is 14.3 Å². The van der Waals surface area contributed by atoms with Crippen LogP contribution in [0.1, 0.15) is 36.2 Å². The van der Waals surface area contributed by atoms with Crippen molar-refractivity contribution in [2.45, 2.75) is 50.8 Å². The summed E-state index contributed by atoms with van der Waals surface area (Å²) < 4.78 is 15.3. The van der Waals surface area contributed by atoms with Crippen molar-refractivity contribution in [3.05, 3.63) is 59.7 Å². The second-order valence-electron chi connectivity index (χ2n) is 10.3. The lowest BCUT2D eigenvalue weighted by atomic mass is 9.91. The van der Waals surface area contributed by atoms with Crippen LogP contribution in [0.15, 0.2) is 48.5 Å². The number of methoxy groups -OCH3 is 1. The number of para-hydroxylation sites is 2. The van der Waals surface area contributed by atoms with Crippen molar-refractivity contribution in [2.24, 2.45) is 0 Å². The van der Waals surface area contributed by atoms with Crippen LogP contribution < -0.4 is 10.6 Å². The third kappa shape index (κ3) is 2.65. The molecule has 2 aliphatic rings. The fourth-order valence-electron chi connectivity index (χ4n) is 6.99. The second kappa shape index (κ2) is 7.56. The Kier molecular flexibility index (Phi) is 4.59. The summed E-state index contributed by atoms with van der Waals surface area (Å²) in [6, 6.07) is 16.8. The number of hydrogen-bond donors (Lipinski definition) is 3. The molecule has 3 N–H and O–H groups in total. The van der Waals surface area contributed by atoms with Gasteiger partial charge >= 0.3 is 0 Å². The lowest BCUT2D eigenvalue weighted by Crippen LogP contribution is -2.60. The predicted molar refractivity (Wildman–Crippen MR) is 142 cm³/mol. The summed E-state index contributed by atoms with van der Waals surface area (Å²) >= 11 is 0.